The zero-order valence-electron chi connectivity index (χ0n) is 16.4. The molecule has 1 aliphatic carbocycles. The third-order valence-corrected chi connectivity index (χ3v) is 5.91. The van der Waals surface area contributed by atoms with Crippen molar-refractivity contribution in [2.24, 2.45) is 5.92 Å². The molecule has 0 atom stereocenters. The molecule has 8 heteroatoms. The van der Waals surface area contributed by atoms with Gasteiger partial charge in [-0.1, -0.05) is 12.1 Å². The van der Waals surface area contributed by atoms with Crippen LogP contribution in [0.15, 0.2) is 42.4 Å². The van der Waals surface area contributed by atoms with E-state index in [0.29, 0.717) is 47.6 Å². The zero-order valence-corrected chi connectivity index (χ0v) is 16.4. The van der Waals surface area contributed by atoms with Gasteiger partial charge in [-0.2, -0.15) is 5.10 Å². The molecule has 0 N–H and O–H groups in total. The van der Waals surface area contributed by atoms with Crippen molar-refractivity contribution in [1.29, 1.82) is 0 Å². The third kappa shape index (κ3) is 3.22. The maximum absolute atomic E-state index is 13.6. The Bertz CT molecular complexity index is 1050. The molecule has 3 amide bonds. The summed E-state index contributed by atoms with van der Waals surface area (Å²) in [5.41, 5.74) is 2.16. The number of fused-ring (bicyclic) bond motifs is 2. The molecule has 5 rings (SSSR count). The summed E-state index contributed by atoms with van der Waals surface area (Å²) < 4.78 is 15.1. The average Bonchev–Trinajstić information content (AvgIpc) is 3.43. The van der Waals surface area contributed by atoms with E-state index >= 15 is 0 Å². The van der Waals surface area contributed by atoms with Crippen LogP contribution in [0.4, 0.5) is 4.39 Å². The average molecular weight is 408 g/mol. The summed E-state index contributed by atoms with van der Waals surface area (Å²) in [5, 5.41) is 4.44. The van der Waals surface area contributed by atoms with Gasteiger partial charge in [0.25, 0.3) is 17.7 Å². The second-order valence-electron chi connectivity index (χ2n) is 8.14. The number of rotatable bonds is 6. The molecule has 1 saturated carbocycles. The van der Waals surface area contributed by atoms with Gasteiger partial charge in [0.1, 0.15) is 0 Å². The van der Waals surface area contributed by atoms with E-state index < -0.39 is 11.8 Å². The fourth-order valence-electron chi connectivity index (χ4n) is 4.12. The first-order valence-electron chi connectivity index (χ1n) is 10.1. The first-order chi connectivity index (χ1) is 14.5. The molecule has 30 heavy (non-hydrogen) atoms. The molecule has 3 aliphatic rings. The summed E-state index contributed by atoms with van der Waals surface area (Å²) in [6.07, 6.45) is 5.08. The van der Waals surface area contributed by atoms with Crippen LogP contribution in [0.1, 0.15) is 49.6 Å². The van der Waals surface area contributed by atoms with Gasteiger partial charge in [-0.15, -0.1) is 0 Å². The monoisotopic (exact) mass is 408 g/mol. The highest BCUT2D eigenvalue weighted by Crippen LogP contribution is 2.31. The highest BCUT2D eigenvalue weighted by Gasteiger charge is 2.36. The normalized spacial score (nSPS) is 18.8. The summed E-state index contributed by atoms with van der Waals surface area (Å²) in [7, 11) is 0. The van der Waals surface area contributed by atoms with Crippen LogP contribution in [0.2, 0.25) is 0 Å². The van der Waals surface area contributed by atoms with E-state index in [-0.39, 0.29) is 24.6 Å². The van der Waals surface area contributed by atoms with Gasteiger partial charge in [0.05, 0.1) is 41.8 Å². The van der Waals surface area contributed by atoms with E-state index in [0.717, 1.165) is 11.4 Å². The van der Waals surface area contributed by atoms with Crippen molar-refractivity contribution in [1.82, 2.24) is 19.6 Å². The van der Waals surface area contributed by atoms with Crippen molar-refractivity contribution in [3.8, 4) is 0 Å². The molecule has 0 saturated heterocycles. The number of amides is 3. The Hall–Kier alpha value is -3.29. The van der Waals surface area contributed by atoms with Crippen molar-refractivity contribution >= 4 is 17.7 Å². The number of hydrogen-bond acceptors (Lipinski definition) is 4. The lowest BCUT2D eigenvalue weighted by molar-refractivity contribution is 0.0664. The van der Waals surface area contributed by atoms with Gasteiger partial charge >= 0.3 is 0 Å². The molecule has 2 aliphatic heterocycles. The van der Waals surface area contributed by atoms with Crippen LogP contribution in [0.25, 0.3) is 0 Å². The summed E-state index contributed by atoms with van der Waals surface area (Å²) in [6, 6.07) is 6.57. The second-order valence-corrected chi connectivity index (χ2v) is 8.14. The summed E-state index contributed by atoms with van der Waals surface area (Å²) in [4.78, 5) is 40.7. The molecule has 1 aromatic carbocycles. The van der Waals surface area contributed by atoms with Crippen molar-refractivity contribution in [2.45, 2.75) is 25.8 Å². The van der Waals surface area contributed by atoms with Crippen LogP contribution < -0.4 is 0 Å². The van der Waals surface area contributed by atoms with Gasteiger partial charge in [-0.05, 0) is 36.5 Å². The number of halogens is 1. The lowest BCUT2D eigenvalue weighted by Crippen LogP contribution is -2.38. The minimum absolute atomic E-state index is 0.0273. The highest BCUT2D eigenvalue weighted by atomic mass is 19.1. The Morgan fingerprint density at radius 3 is 2.37 bits per heavy atom. The number of hydrogen-bond donors (Lipinski definition) is 0. The van der Waals surface area contributed by atoms with Gasteiger partial charge in [0, 0.05) is 25.7 Å². The summed E-state index contributed by atoms with van der Waals surface area (Å²) >= 11 is 0. The molecule has 0 unspecified atom stereocenters. The fraction of sp³-hybridized carbons (Fsp3) is 0.364. The zero-order chi connectivity index (χ0) is 20.8. The SMILES string of the molecule is O=C1c2cn(CC(=CF)CN3C(=O)c4ccccc4C3=O)nc2CCN1CC1CC1. The second kappa shape index (κ2) is 7.19. The summed E-state index contributed by atoms with van der Waals surface area (Å²) in [5.74, 6) is -0.270. The van der Waals surface area contributed by atoms with E-state index in [1.54, 1.807) is 30.5 Å². The first kappa shape index (κ1) is 18.7. The van der Waals surface area contributed by atoms with Gasteiger partial charge in [0.2, 0.25) is 0 Å². The van der Waals surface area contributed by atoms with Crippen LogP contribution >= 0.6 is 0 Å². The van der Waals surface area contributed by atoms with Gasteiger partial charge in [-0.25, -0.2) is 4.39 Å². The van der Waals surface area contributed by atoms with E-state index in [1.165, 1.54) is 17.5 Å². The number of imide groups is 1. The number of aromatic nitrogens is 2. The predicted molar refractivity (Wildman–Crippen MR) is 106 cm³/mol. The predicted octanol–water partition coefficient (Wildman–Crippen LogP) is 2.44. The van der Waals surface area contributed by atoms with Gasteiger partial charge in [0.15, 0.2) is 0 Å². The quantitative estimate of drug-likeness (QED) is 0.688. The van der Waals surface area contributed by atoms with Crippen LogP contribution in [-0.2, 0) is 13.0 Å². The van der Waals surface area contributed by atoms with Crippen molar-refractivity contribution in [2.75, 3.05) is 19.6 Å². The fourth-order valence-corrected chi connectivity index (χ4v) is 4.12. The molecule has 0 radical (unpaired) electrons. The molecule has 0 spiro atoms. The molecule has 2 aromatic rings. The molecule has 0 bridgehead atoms. The first-order valence-corrected chi connectivity index (χ1v) is 10.1. The molecule has 1 aromatic heterocycles. The maximum Gasteiger partial charge on any atom is 0.261 e. The smallest absolute Gasteiger partial charge is 0.261 e. The van der Waals surface area contributed by atoms with E-state index in [4.69, 9.17) is 0 Å². The molecule has 1 fully saturated rings. The molecular weight excluding hydrogens is 387 g/mol. The Labute approximate surface area is 172 Å². The van der Waals surface area contributed by atoms with Crippen LogP contribution in [0, 0.1) is 5.92 Å². The van der Waals surface area contributed by atoms with Crippen LogP contribution in [0.3, 0.4) is 0 Å². The number of carbonyl (C=O) groups is 3. The standard InChI is InChI=1S/C22H21FN4O3/c23-9-15(12-27-21(29)16-3-1-2-4-17(16)22(27)30)11-26-13-18-19(24-26)7-8-25(20(18)28)10-14-5-6-14/h1-4,9,13-14H,5-8,10-12H2. The van der Waals surface area contributed by atoms with Crippen LogP contribution in [0.5, 0.6) is 0 Å². The molecular formula is C22H21FN4O3. The number of nitrogens with zero attached hydrogens (tertiary/aromatic N) is 4. The van der Waals surface area contributed by atoms with Crippen molar-refractivity contribution in [3.63, 3.8) is 0 Å². The largest absolute Gasteiger partial charge is 0.338 e. The summed E-state index contributed by atoms with van der Waals surface area (Å²) in [6.45, 7) is 1.35. The Morgan fingerprint density at radius 2 is 1.73 bits per heavy atom. The lowest BCUT2D eigenvalue weighted by atomic mass is 10.1. The van der Waals surface area contributed by atoms with Crippen molar-refractivity contribution < 1.29 is 18.8 Å². The topological polar surface area (TPSA) is 75.5 Å². The minimum atomic E-state index is -0.430. The van der Waals surface area contributed by atoms with Gasteiger partial charge in [-0.3, -0.25) is 24.0 Å². The molecule has 154 valence electrons. The number of benzene rings is 1. The maximum atomic E-state index is 13.6. The third-order valence-electron chi connectivity index (χ3n) is 5.91. The highest BCUT2D eigenvalue weighted by molar-refractivity contribution is 6.21. The Kier molecular flexibility index (Phi) is 4.49. The Morgan fingerprint density at radius 1 is 1.03 bits per heavy atom. The molecule has 7 nitrogen and oxygen atoms in total. The Balaban J connectivity index is 1.30. The van der Waals surface area contributed by atoms with Crippen LogP contribution in [-0.4, -0.2) is 56.9 Å². The van der Waals surface area contributed by atoms with E-state index in [1.807, 2.05) is 4.90 Å². The van der Waals surface area contributed by atoms with E-state index in [9.17, 15) is 18.8 Å². The van der Waals surface area contributed by atoms with Gasteiger partial charge < -0.3 is 4.90 Å². The van der Waals surface area contributed by atoms with Crippen molar-refractivity contribution in [3.05, 3.63) is 64.7 Å². The minimum Gasteiger partial charge on any atom is -0.338 e. The number of carbonyl (C=O) groups excluding carboxylic acids is 3. The lowest BCUT2D eigenvalue weighted by Gasteiger charge is -2.25. The van der Waals surface area contributed by atoms with E-state index in [2.05, 4.69) is 5.10 Å². The molecule has 3 heterocycles.